The average Bonchev–Trinajstić information content (AvgIpc) is 2.42. The van der Waals surface area contributed by atoms with E-state index in [1.165, 1.54) is 0 Å². The van der Waals surface area contributed by atoms with Crippen LogP contribution in [0.1, 0.15) is 55.4 Å². The summed E-state index contributed by atoms with van der Waals surface area (Å²) in [5.41, 5.74) is -11.7. The molecule has 12 heteroatoms. The number of hydrogen-bond donors (Lipinski definition) is 1. The highest BCUT2D eigenvalue weighted by Gasteiger charge is 2.71. The molecule has 182 valence electrons. The molecule has 4 nitrogen and oxygen atoms in total. The van der Waals surface area contributed by atoms with E-state index in [2.05, 4.69) is 14.2 Å². The zero-order valence-electron chi connectivity index (χ0n) is 18.4. The number of ether oxygens (including phenoxy) is 3. The van der Waals surface area contributed by atoms with Gasteiger partial charge in [-0.1, -0.05) is 0 Å². The minimum absolute atomic E-state index is 0.389. The summed E-state index contributed by atoms with van der Waals surface area (Å²) in [4.78, 5) is 0. The third kappa shape index (κ3) is 5.18. The molecule has 0 saturated carbocycles. The highest BCUT2D eigenvalue weighted by atomic mass is 19.3. The van der Waals surface area contributed by atoms with Gasteiger partial charge >= 0.3 is 18.1 Å². The minimum Gasteiger partial charge on any atom is -0.384 e. The first-order chi connectivity index (χ1) is 12.7. The van der Waals surface area contributed by atoms with Crippen molar-refractivity contribution < 1.29 is 54.4 Å². The number of alkyl halides is 8. The summed E-state index contributed by atoms with van der Waals surface area (Å²) in [5.74, 6) is -9.08. The molecule has 0 aliphatic heterocycles. The highest BCUT2D eigenvalue weighted by Crippen LogP contribution is 2.54. The van der Waals surface area contributed by atoms with E-state index in [4.69, 9.17) is 0 Å². The Balaban J connectivity index is 6.03. The molecule has 0 rings (SSSR count). The molecule has 0 unspecified atom stereocenters. The van der Waals surface area contributed by atoms with Crippen molar-refractivity contribution in [3.05, 3.63) is 0 Å². The summed E-state index contributed by atoms with van der Waals surface area (Å²) in [6, 6.07) is 0. The van der Waals surface area contributed by atoms with E-state index < -0.39 is 52.9 Å². The number of aliphatic hydroxyl groups is 1. The molecule has 0 aromatic heterocycles. The average molecular weight is 462 g/mol. The molecule has 0 aromatic carbocycles. The van der Waals surface area contributed by atoms with Gasteiger partial charge in [0.05, 0.1) is 11.0 Å². The predicted octanol–water partition coefficient (Wildman–Crippen LogP) is 5.48. The maximum atomic E-state index is 14.9. The fourth-order valence-electron chi connectivity index (χ4n) is 2.10. The molecule has 0 spiro atoms. The number of hydrogen-bond acceptors (Lipinski definition) is 4. The molecule has 0 aromatic rings. The van der Waals surface area contributed by atoms with Crippen molar-refractivity contribution in [3.8, 4) is 0 Å². The van der Waals surface area contributed by atoms with Crippen LogP contribution in [0.2, 0.25) is 0 Å². The van der Waals surface area contributed by atoms with Crippen molar-refractivity contribution in [1.29, 1.82) is 0 Å². The Hall–Kier alpha value is -0.720. The summed E-state index contributed by atoms with van der Waals surface area (Å²) >= 11 is 0. The fourth-order valence-corrected chi connectivity index (χ4v) is 2.10. The number of methoxy groups -OCH3 is 1. The molecule has 0 radical (unpaired) electrons. The third-order valence-corrected chi connectivity index (χ3v) is 5.34. The van der Waals surface area contributed by atoms with Crippen LogP contribution in [-0.2, 0) is 14.2 Å². The fraction of sp³-hybridized carbons (Fsp3) is 1.00. The van der Waals surface area contributed by atoms with Gasteiger partial charge in [-0.15, -0.1) is 0 Å². The molecule has 0 atom stereocenters. The molecule has 0 amide bonds. The summed E-state index contributed by atoms with van der Waals surface area (Å²) in [6.45, 7) is 3.36. The Labute approximate surface area is 170 Å². The lowest BCUT2D eigenvalue weighted by molar-refractivity contribution is -0.445. The lowest BCUT2D eigenvalue weighted by Crippen LogP contribution is -2.64. The van der Waals surface area contributed by atoms with Gasteiger partial charge in [0, 0.05) is 7.11 Å². The Morgan fingerprint density at radius 1 is 0.633 bits per heavy atom. The van der Waals surface area contributed by atoms with Crippen LogP contribution in [0.3, 0.4) is 0 Å². The van der Waals surface area contributed by atoms with Crippen LogP contribution in [0, 0.1) is 5.41 Å². The second kappa shape index (κ2) is 8.00. The van der Waals surface area contributed by atoms with E-state index >= 15 is 0 Å². The van der Waals surface area contributed by atoms with Gasteiger partial charge in [-0.2, -0.15) is 26.3 Å². The second-order valence-corrected chi connectivity index (χ2v) is 9.15. The molecular formula is C18H30F8O4. The van der Waals surface area contributed by atoms with Gasteiger partial charge in [0.1, 0.15) is 17.8 Å². The Morgan fingerprint density at radius 2 is 1.00 bits per heavy atom. The van der Waals surface area contributed by atoms with E-state index in [-0.39, 0.29) is 0 Å². The van der Waals surface area contributed by atoms with Gasteiger partial charge in [-0.3, -0.25) is 0 Å². The first-order valence-corrected chi connectivity index (χ1v) is 8.85. The molecule has 0 aliphatic carbocycles. The maximum absolute atomic E-state index is 14.9. The summed E-state index contributed by atoms with van der Waals surface area (Å²) in [7, 11) is 0.911. The predicted molar refractivity (Wildman–Crippen MR) is 92.1 cm³/mol. The SMILES string of the molecule is COCC(F)(F)C(C)(C)OC(F)(F)C(C)(C)C(C)(C)OC(F)(F)C(F)(F)C(C)(C)O. The van der Waals surface area contributed by atoms with Crippen molar-refractivity contribution in [3.63, 3.8) is 0 Å². The van der Waals surface area contributed by atoms with Gasteiger partial charge in [0.25, 0.3) is 5.92 Å². The van der Waals surface area contributed by atoms with E-state index in [1.807, 2.05) is 0 Å². The monoisotopic (exact) mass is 462 g/mol. The smallest absolute Gasteiger partial charge is 0.384 e. The first kappa shape index (κ1) is 29.3. The zero-order chi connectivity index (χ0) is 24.8. The zero-order valence-corrected chi connectivity index (χ0v) is 18.4. The van der Waals surface area contributed by atoms with Crippen LogP contribution in [0.25, 0.3) is 0 Å². The molecule has 0 fully saturated rings. The van der Waals surface area contributed by atoms with Crippen molar-refractivity contribution >= 4 is 0 Å². The van der Waals surface area contributed by atoms with Crippen LogP contribution in [0.15, 0.2) is 0 Å². The Bertz CT molecular complexity index is 595. The van der Waals surface area contributed by atoms with Gasteiger partial charge in [-0.25, -0.2) is 8.78 Å². The molecule has 0 heterocycles. The Kier molecular flexibility index (Phi) is 7.81. The second-order valence-electron chi connectivity index (χ2n) is 9.15. The normalized spacial score (nSPS) is 16.2. The van der Waals surface area contributed by atoms with Crippen molar-refractivity contribution in [2.75, 3.05) is 13.7 Å². The summed E-state index contributed by atoms with van der Waals surface area (Å²) in [5, 5.41) is 9.36. The van der Waals surface area contributed by atoms with E-state index in [9.17, 15) is 40.2 Å². The van der Waals surface area contributed by atoms with Crippen LogP contribution in [-0.4, -0.2) is 59.7 Å². The quantitative estimate of drug-likeness (QED) is 0.414. The standard InChI is InChI=1S/C18H30F8O4/c1-11(2,17(23,24)30-14(7,8)15(19,20)10-28-9)13(5,6)29-18(25,26)16(21,22)12(3,4)27/h27H,10H2,1-9H3. The molecule has 0 saturated heterocycles. The highest BCUT2D eigenvalue weighted by molar-refractivity contribution is 5.00. The van der Waals surface area contributed by atoms with Gasteiger partial charge in [0.2, 0.25) is 0 Å². The lowest BCUT2D eigenvalue weighted by atomic mass is 9.75. The Morgan fingerprint density at radius 3 is 1.33 bits per heavy atom. The minimum atomic E-state index is -5.39. The van der Waals surface area contributed by atoms with Crippen molar-refractivity contribution in [2.45, 2.75) is 96.3 Å². The largest absolute Gasteiger partial charge is 0.422 e. The molecule has 0 bridgehead atoms. The summed E-state index contributed by atoms with van der Waals surface area (Å²) < 4.78 is 127. The van der Waals surface area contributed by atoms with Crippen LogP contribution in [0.4, 0.5) is 35.1 Å². The number of halogens is 8. The number of rotatable bonds is 11. The topological polar surface area (TPSA) is 47.9 Å². The van der Waals surface area contributed by atoms with Gasteiger partial charge in [0.15, 0.2) is 0 Å². The summed E-state index contributed by atoms with van der Waals surface area (Å²) in [6.07, 6.45) is -9.95. The lowest BCUT2D eigenvalue weighted by Gasteiger charge is -2.50. The van der Waals surface area contributed by atoms with Crippen LogP contribution >= 0.6 is 0 Å². The maximum Gasteiger partial charge on any atom is 0.422 e. The third-order valence-electron chi connectivity index (χ3n) is 5.34. The van der Waals surface area contributed by atoms with Crippen LogP contribution in [0.5, 0.6) is 0 Å². The van der Waals surface area contributed by atoms with E-state index in [0.29, 0.717) is 55.4 Å². The van der Waals surface area contributed by atoms with E-state index in [1.54, 1.807) is 0 Å². The molecule has 1 N–H and O–H groups in total. The first-order valence-electron chi connectivity index (χ1n) is 8.85. The molecule has 30 heavy (non-hydrogen) atoms. The van der Waals surface area contributed by atoms with Crippen molar-refractivity contribution in [2.24, 2.45) is 5.41 Å². The van der Waals surface area contributed by atoms with Crippen LogP contribution < -0.4 is 0 Å². The van der Waals surface area contributed by atoms with Crippen molar-refractivity contribution in [1.82, 2.24) is 0 Å². The molecule has 0 aliphatic rings. The van der Waals surface area contributed by atoms with Gasteiger partial charge < -0.3 is 19.3 Å². The van der Waals surface area contributed by atoms with Gasteiger partial charge in [-0.05, 0) is 55.4 Å². The van der Waals surface area contributed by atoms with E-state index in [0.717, 1.165) is 7.11 Å². The molecular weight excluding hydrogens is 432 g/mol.